The summed E-state index contributed by atoms with van der Waals surface area (Å²) in [6, 6.07) is 65.6. The molecule has 0 bridgehead atoms. The second-order valence-electron chi connectivity index (χ2n) is 46.9. The van der Waals surface area contributed by atoms with Crippen molar-refractivity contribution in [2.75, 3.05) is 26.2 Å². The van der Waals surface area contributed by atoms with Gasteiger partial charge in [0.1, 0.15) is 47.4 Å². The SMILES string of the molecule is CC(C)[C@@H]1CC[C@@H](C)C[C@H]1OC(=O)c1ccc(O)c([C@@H](CCN(C(C)C)C(C)C)c2ccccc2)c1.CC(C)[C@@H]1CC[C@@H](C)C[C@H]1OC(=O)c1ccc(O)c([C@H](CCN(C(C)C)C(C)C)c2ccccc2)c1.CC(C)[C@H]1CC[C@H](C)C[C@@H]1OC(=O)c1ccc(O)c([C@@H](CCN(C(C)C)C(C)C)c2ccccc2)c1.CC(C)[C@H]1CC[C@H](C)C[C@@H]1OC(=O)c1ccc(O)c([C@H](CCN(C(C)C)C(C)C)c2ccccc2)c1. The van der Waals surface area contributed by atoms with Crippen LogP contribution in [0.2, 0.25) is 0 Å². The molecule has 16 atom stereocenters. The second-order valence-corrected chi connectivity index (χ2v) is 46.9. The molecule has 4 fully saturated rings. The number of ether oxygens (including phenoxy) is 4. The normalized spacial score (nSPS) is 21.4. The summed E-state index contributed by atoms with van der Waals surface area (Å²) in [5.41, 5.74) is 9.84. The van der Waals surface area contributed by atoms with Gasteiger partial charge >= 0.3 is 23.9 Å². The molecule has 0 saturated heterocycles. The highest BCUT2D eigenvalue weighted by atomic mass is 16.6. The van der Waals surface area contributed by atoms with Crippen LogP contribution in [0, 0.1) is 71.0 Å². The monoisotopic (exact) mass is 1970 g/mol. The third kappa shape index (κ3) is 34.4. The maximum atomic E-state index is 13.3. The van der Waals surface area contributed by atoms with Crippen LogP contribution in [-0.4, -0.2) is 163 Å². The molecule has 12 rings (SSSR count). The first-order valence-electron chi connectivity index (χ1n) is 55.7. The number of aromatic hydroxyl groups is 4. The number of phenols is 4. The topological polar surface area (TPSA) is 199 Å². The van der Waals surface area contributed by atoms with Crippen molar-refractivity contribution < 1.29 is 58.6 Å². The Bertz CT molecular complexity index is 4480. The smallest absolute Gasteiger partial charge is 0.338 e. The number of phenolic OH excluding ortho intramolecular Hbond substituents is 4. The van der Waals surface area contributed by atoms with E-state index in [0.29, 0.717) is 142 Å². The van der Waals surface area contributed by atoms with Crippen molar-refractivity contribution in [2.24, 2.45) is 71.0 Å². The molecule has 16 heteroatoms. The number of rotatable bonds is 40. The van der Waals surface area contributed by atoms with Crippen LogP contribution in [0.15, 0.2) is 194 Å². The number of hydrogen-bond donors (Lipinski definition) is 4. The van der Waals surface area contributed by atoms with E-state index in [0.717, 1.165) is 148 Å². The number of carbonyl (C=O) groups excluding carboxylic acids is 4. The van der Waals surface area contributed by atoms with Gasteiger partial charge in [-0.25, -0.2) is 19.2 Å². The van der Waals surface area contributed by atoms with Gasteiger partial charge in [-0.15, -0.1) is 0 Å². The molecule has 0 amide bonds. The van der Waals surface area contributed by atoms with E-state index in [9.17, 15) is 39.6 Å². The number of esters is 4. The summed E-state index contributed by atoms with van der Waals surface area (Å²) in [6.07, 6.45) is 16.1. The zero-order valence-corrected chi connectivity index (χ0v) is 93.6. The van der Waals surface area contributed by atoms with Gasteiger partial charge in [0.15, 0.2) is 0 Å². The summed E-state index contributed by atoms with van der Waals surface area (Å²) < 4.78 is 24.5. The van der Waals surface area contributed by atoms with Crippen molar-refractivity contribution in [1.82, 2.24) is 19.6 Å². The van der Waals surface area contributed by atoms with E-state index in [-0.39, 0.29) is 95.0 Å². The van der Waals surface area contributed by atoms with E-state index < -0.39 is 0 Å². The Morgan fingerprint density at radius 2 is 0.417 bits per heavy atom. The Labute approximate surface area is 870 Å². The van der Waals surface area contributed by atoms with Crippen LogP contribution in [0.3, 0.4) is 0 Å². The number of carbonyl (C=O) groups is 4. The quantitative estimate of drug-likeness (QED) is 0.0209. The third-order valence-corrected chi connectivity index (χ3v) is 32.3. The van der Waals surface area contributed by atoms with Crippen molar-refractivity contribution in [1.29, 1.82) is 0 Å². The molecule has 0 unspecified atom stereocenters. The lowest BCUT2D eigenvalue weighted by Gasteiger charge is -2.36. The van der Waals surface area contributed by atoms with Gasteiger partial charge in [0, 0.05) is 94.3 Å². The molecular weight excluding hydrogens is 1790 g/mol. The first-order valence-corrected chi connectivity index (χ1v) is 55.7. The van der Waals surface area contributed by atoms with E-state index in [1.54, 1.807) is 48.5 Å². The summed E-state index contributed by atoms with van der Waals surface area (Å²) >= 11 is 0. The summed E-state index contributed by atoms with van der Waals surface area (Å²) in [5.74, 6) is 5.55. The molecule has 0 aromatic heterocycles. The van der Waals surface area contributed by atoms with Crippen LogP contribution in [0.25, 0.3) is 0 Å². The zero-order chi connectivity index (χ0) is 106. The first kappa shape index (κ1) is 118. The van der Waals surface area contributed by atoms with Crippen molar-refractivity contribution >= 4 is 23.9 Å². The van der Waals surface area contributed by atoms with E-state index in [4.69, 9.17) is 18.9 Å². The first-order chi connectivity index (χ1) is 68.3. The number of nitrogens with zero attached hydrogens (tertiary/aromatic N) is 4. The lowest BCUT2D eigenvalue weighted by molar-refractivity contribution is -0.0181. The van der Waals surface area contributed by atoms with Crippen molar-refractivity contribution in [3.05, 3.63) is 261 Å². The largest absolute Gasteiger partial charge is 0.508 e. The van der Waals surface area contributed by atoms with Gasteiger partial charge in [0.05, 0.1) is 22.3 Å². The van der Waals surface area contributed by atoms with E-state index in [1.807, 2.05) is 97.1 Å². The van der Waals surface area contributed by atoms with Gasteiger partial charge in [0.2, 0.25) is 0 Å². The van der Waals surface area contributed by atoms with E-state index >= 15 is 0 Å². The van der Waals surface area contributed by atoms with Gasteiger partial charge in [-0.05, 0) is 380 Å². The molecule has 0 spiro atoms. The molecule has 4 aliphatic rings. The molecule has 0 aliphatic heterocycles. The molecule has 4 saturated carbocycles. The Morgan fingerprint density at radius 3 is 0.569 bits per heavy atom. The maximum absolute atomic E-state index is 13.3. The zero-order valence-electron chi connectivity index (χ0n) is 93.6. The fourth-order valence-electron chi connectivity index (χ4n) is 24.0. The molecule has 4 aliphatic carbocycles. The molecule has 16 nitrogen and oxygen atoms in total. The standard InChI is InChI=1S/4C32H47NO3/c4*1-21(2)27-15-13-24(7)19-31(27)36-32(35)26-14-16-30(34)29(20-26)28(25-11-9-8-10-12-25)17-18-33(22(3)4)23(5)6/h4*8-12,14,16,20-24,27-28,31,34H,13,15,17-19H2,1-7H3/t2*24-,27+,28+,31-;2*24-,27+,28-,31-/m1010/s1. The number of hydrogen-bond acceptors (Lipinski definition) is 16. The lowest BCUT2D eigenvalue weighted by atomic mass is 9.75. The van der Waals surface area contributed by atoms with Crippen molar-refractivity contribution in [3.63, 3.8) is 0 Å². The molecule has 0 heterocycles. The van der Waals surface area contributed by atoms with Crippen LogP contribution in [-0.2, 0) is 18.9 Å². The minimum atomic E-state index is -0.279. The van der Waals surface area contributed by atoms with Crippen molar-refractivity contribution in [3.8, 4) is 23.0 Å². The van der Waals surface area contributed by atoms with Gasteiger partial charge < -0.3 is 39.4 Å². The second kappa shape index (κ2) is 57.3. The predicted molar refractivity (Wildman–Crippen MR) is 594 cm³/mol. The maximum Gasteiger partial charge on any atom is 0.338 e. The molecule has 8 aromatic rings. The van der Waals surface area contributed by atoms with Gasteiger partial charge in [-0.1, -0.05) is 230 Å². The van der Waals surface area contributed by atoms with Gasteiger partial charge in [-0.2, -0.15) is 0 Å². The van der Waals surface area contributed by atoms with Gasteiger partial charge in [-0.3, -0.25) is 19.6 Å². The van der Waals surface area contributed by atoms with Crippen LogP contribution in [0.4, 0.5) is 0 Å². The third-order valence-electron chi connectivity index (χ3n) is 32.3. The Kier molecular flexibility index (Phi) is 47.0. The summed E-state index contributed by atoms with van der Waals surface area (Å²) in [4.78, 5) is 63.3. The number of benzene rings is 8. The van der Waals surface area contributed by atoms with E-state index in [2.05, 4.69) is 262 Å². The summed E-state index contributed by atoms with van der Waals surface area (Å²) in [6.45, 7) is 66.0. The van der Waals surface area contributed by atoms with Crippen molar-refractivity contribution in [2.45, 2.75) is 393 Å². The van der Waals surface area contributed by atoms with Crippen LogP contribution in [0.1, 0.15) is 406 Å². The highest BCUT2D eigenvalue weighted by molar-refractivity contribution is 5.92. The minimum absolute atomic E-state index is 0.0166. The Balaban J connectivity index is 0.000000214. The lowest BCUT2D eigenvalue weighted by Crippen LogP contribution is -2.38. The Morgan fingerprint density at radius 1 is 0.250 bits per heavy atom. The molecule has 0 radical (unpaired) electrons. The molecule has 4 N–H and O–H groups in total. The fourth-order valence-corrected chi connectivity index (χ4v) is 24.0. The average Bonchev–Trinajstić information content (AvgIpc) is 0.814. The Hall–Kier alpha value is -9.32. The molecule has 8 aromatic carbocycles. The minimum Gasteiger partial charge on any atom is -0.508 e. The average molecular weight is 1970 g/mol. The molecular formula is C128H188N4O12. The van der Waals surface area contributed by atoms with Gasteiger partial charge in [0.25, 0.3) is 0 Å². The predicted octanol–water partition coefficient (Wildman–Crippen LogP) is 30.6. The summed E-state index contributed by atoms with van der Waals surface area (Å²) in [5, 5.41) is 43.7. The molecule has 144 heavy (non-hydrogen) atoms. The fraction of sp³-hybridized carbons (Fsp3) is 0.594. The molecule has 792 valence electrons. The van der Waals surface area contributed by atoms with Crippen LogP contribution >= 0.6 is 0 Å². The highest BCUT2D eigenvalue weighted by Gasteiger charge is 2.40. The highest BCUT2D eigenvalue weighted by Crippen LogP contribution is 2.46. The van der Waals surface area contributed by atoms with Crippen LogP contribution in [0.5, 0.6) is 23.0 Å². The summed E-state index contributed by atoms with van der Waals surface area (Å²) in [7, 11) is 0. The van der Waals surface area contributed by atoms with Crippen LogP contribution < -0.4 is 0 Å². The van der Waals surface area contributed by atoms with E-state index in [1.165, 1.54) is 25.7 Å².